The maximum absolute atomic E-state index is 5.69. The molecule has 0 bridgehead atoms. The van der Waals surface area contributed by atoms with Crippen LogP contribution in [0.1, 0.15) is 18.4 Å². The fourth-order valence-electron chi connectivity index (χ4n) is 2.18. The fraction of sp³-hybridized carbons (Fsp3) is 0.625. The number of benzene rings is 1. The molecule has 20 heavy (non-hydrogen) atoms. The van der Waals surface area contributed by atoms with Gasteiger partial charge in [0, 0.05) is 19.1 Å². The van der Waals surface area contributed by atoms with Crippen LogP contribution in [-0.4, -0.2) is 51.4 Å². The molecule has 0 spiro atoms. The SMILES string of the molecule is CNCc1cccc(OCCOCCN(C)C2CC2)c1. The van der Waals surface area contributed by atoms with E-state index < -0.39 is 0 Å². The Morgan fingerprint density at radius 1 is 1.25 bits per heavy atom. The van der Waals surface area contributed by atoms with Crippen LogP contribution in [0.15, 0.2) is 24.3 Å². The monoisotopic (exact) mass is 278 g/mol. The normalized spacial score (nSPS) is 14.8. The number of nitrogens with zero attached hydrogens (tertiary/aromatic N) is 1. The van der Waals surface area contributed by atoms with Gasteiger partial charge in [0.1, 0.15) is 12.4 Å². The molecule has 0 aliphatic heterocycles. The predicted molar refractivity (Wildman–Crippen MR) is 81.2 cm³/mol. The van der Waals surface area contributed by atoms with E-state index in [9.17, 15) is 0 Å². The molecule has 2 rings (SSSR count). The van der Waals surface area contributed by atoms with Gasteiger partial charge in [-0.05, 0) is 44.6 Å². The number of likely N-dealkylation sites (N-methyl/N-ethyl adjacent to an activating group) is 1. The molecule has 4 heteroatoms. The molecular formula is C16H26N2O2. The molecule has 0 radical (unpaired) electrons. The molecule has 1 aromatic carbocycles. The van der Waals surface area contributed by atoms with Crippen molar-refractivity contribution in [3.05, 3.63) is 29.8 Å². The highest BCUT2D eigenvalue weighted by Gasteiger charge is 2.25. The Bertz CT molecular complexity index is 394. The topological polar surface area (TPSA) is 33.7 Å². The lowest BCUT2D eigenvalue weighted by molar-refractivity contribution is 0.0835. The summed E-state index contributed by atoms with van der Waals surface area (Å²) in [6.07, 6.45) is 2.70. The molecule has 0 aromatic heterocycles. The first kappa shape index (κ1) is 15.3. The van der Waals surface area contributed by atoms with E-state index in [2.05, 4.69) is 29.4 Å². The zero-order chi connectivity index (χ0) is 14.2. The quantitative estimate of drug-likeness (QED) is 0.663. The van der Waals surface area contributed by atoms with Gasteiger partial charge in [-0.3, -0.25) is 0 Å². The van der Waals surface area contributed by atoms with Crippen molar-refractivity contribution in [2.75, 3.05) is 40.5 Å². The van der Waals surface area contributed by atoms with E-state index in [4.69, 9.17) is 9.47 Å². The Kier molecular flexibility index (Phi) is 6.30. The van der Waals surface area contributed by atoms with Crippen LogP contribution in [0.5, 0.6) is 5.75 Å². The van der Waals surface area contributed by atoms with Crippen molar-refractivity contribution in [1.29, 1.82) is 0 Å². The molecule has 1 N–H and O–H groups in total. The van der Waals surface area contributed by atoms with Gasteiger partial charge in [-0.25, -0.2) is 0 Å². The van der Waals surface area contributed by atoms with Crippen LogP contribution in [-0.2, 0) is 11.3 Å². The smallest absolute Gasteiger partial charge is 0.119 e. The van der Waals surface area contributed by atoms with Gasteiger partial charge >= 0.3 is 0 Å². The van der Waals surface area contributed by atoms with Gasteiger partial charge in [0.2, 0.25) is 0 Å². The summed E-state index contributed by atoms with van der Waals surface area (Å²) in [5.74, 6) is 0.913. The van der Waals surface area contributed by atoms with Crippen LogP contribution < -0.4 is 10.1 Å². The van der Waals surface area contributed by atoms with Gasteiger partial charge < -0.3 is 19.7 Å². The number of rotatable bonds is 10. The maximum Gasteiger partial charge on any atom is 0.119 e. The van der Waals surface area contributed by atoms with E-state index in [1.54, 1.807) is 0 Å². The highest BCUT2D eigenvalue weighted by Crippen LogP contribution is 2.24. The van der Waals surface area contributed by atoms with Gasteiger partial charge in [0.15, 0.2) is 0 Å². The third-order valence-corrected chi connectivity index (χ3v) is 3.53. The third kappa shape index (κ3) is 5.49. The van der Waals surface area contributed by atoms with Gasteiger partial charge in [0.25, 0.3) is 0 Å². The average Bonchev–Trinajstić information content (AvgIpc) is 3.28. The van der Waals surface area contributed by atoms with Crippen molar-refractivity contribution in [1.82, 2.24) is 10.2 Å². The van der Waals surface area contributed by atoms with E-state index in [0.717, 1.165) is 31.5 Å². The lowest BCUT2D eigenvalue weighted by Crippen LogP contribution is -2.25. The summed E-state index contributed by atoms with van der Waals surface area (Å²) in [6.45, 7) is 3.92. The Morgan fingerprint density at radius 3 is 2.85 bits per heavy atom. The molecule has 1 aliphatic rings. The van der Waals surface area contributed by atoms with E-state index in [-0.39, 0.29) is 0 Å². The maximum atomic E-state index is 5.69. The van der Waals surface area contributed by atoms with Crippen molar-refractivity contribution in [2.24, 2.45) is 0 Å². The molecule has 4 nitrogen and oxygen atoms in total. The molecule has 0 unspecified atom stereocenters. The standard InChI is InChI=1S/C16H26N2O2/c1-17-13-14-4-3-5-16(12-14)20-11-10-19-9-8-18(2)15-6-7-15/h3-5,12,15,17H,6-11,13H2,1-2H3. The van der Waals surface area contributed by atoms with Crippen molar-refractivity contribution >= 4 is 0 Å². The molecule has 112 valence electrons. The summed E-state index contributed by atoms with van der Waals surface area (Å²) in [6, 6.07) is 8.98. The molecular weight excluding hydrogens is 252 g/mol. The molecule has 1 aromatic rings. The Hall–Kier alpha value is -1.10. The number of ether oxygens (including phenoxy) is 2. The van der Waals surface area contributed by atoms with Crippen LogP contribution in [0.2, 0.25) is 0 Å². The van der Waals surface area contributed by atoms with Crippen molar-refractivity contribution in [3.8, 4) is 5.75 Å². The summed E-state index contributed by atoms with van der Waals surface area (Å²) in [5.41, 5.74) is 1.23. The Balaban J connectivity index is 1.54. The van der Waals surface area contributed by atoms with Crippen molar-refractivity contribution in [3.63, 3.8) is 0 Å². The van der Waals surface area contributed by atoms with Crippen LogP contribution in [0.4, 0.5) is 0 Å². The molecule has 1 aliphatic carbocycles. The first-order chi connectivity index (χ1) is 9.79. The summed E-state index contributed by atoms with van der Waals surface area (Å²) >= 11 is 0. The van der Waals surface area contributed by atoms with Crippen LogP contribution in [0.3, 0.4) is 0 Å². The predicted octanol–water partition coefficient (Wildman–Crippen LogP) is 1.90. The van der Waals surface area contributed by atoms with E-state index in [1.165, 1.54) is 18.4 Å². The fourth-order valence-corrected chi connectivity index (χ4v) is 2.18. The summed E-state index contributed by atoms with van der Waals surface area (Å²) < 4.78 is 11.3. The molecule has 0 saturated heterocycles. The van der Waals surface area contributed by atoms with E-state index in [1.807, 2.05) is 19.2 Å². The van der Waals surface area contributed by atoms with Crippen LogP contribution in [0, 0.1) is 0 Å². The largest absolute Gasteiger partial charge is 0.491 e. The molecule has 0 heterocycles. The molecule has 1 fully saturated rings. The summed E-state index contributed by atoms with van der Waals surface area (Å²) in [5, 5.41) is 3.14. The number of nitrogens with one attached hydrogen (secondary N) is 1. The minimum absolute atomic E-state index is 0.607. The van der Waals surface area contributed by atoms with Gasteiger partial charge in [-0.1, -0.05) is 12.1 Å². The Morgan fingerprint density at radius 2 is 2.10 bits per heavy atom. The Labute approximate surface area is 122 Å². The summed E-state index contributed by atoms with van der Waals surface area (Å²) in [4.78, 5) is 2.38. The van der Waals surface area contributed by atoms with Crippen LogP contribution >= 0.6 is 0 Å². The molecule has 1 saturated carbocycles. The number of hydrogen-bond donors (Lipinski definition) is 1. The van der Waals surface area contributed by atoms with Gasteiger partial charge in [-0.15, -0.1) is 0 Å². The van der Waals surface area contributed by atoms with Crippen LogP contribution in [0.25, 0.3) is 0 Å². The summed E-state index contributed by atoms with van der Waals surface area (Å²) in [7, 11) is 4.12. The average molecular weight is 278 g/mol. The lowest BCUT2D eigenvalue weighted by atomic mass is 10.2. The zero-order valence-corrected chi connectivity index (χ0v) is 12.6. The number of hydrogen-bond acceptors (Lipinski definition) is 4. The lowest BCUT2D eigenvalue weighted by Gasteiger charge is -2.15. The van der Waals surface area contributed by atoms with Crippen molar-refractivity contribution in [2.45, 2.75) is 25.4 Å². The first-order valence-electron chi connectivity index (χ1n) is 7.44. The van der Waals surface area contributed by atoms with E-state index in [0.29, 0.717) is 13.2 Å². The van der Waals surface area contributed by atoms with Crippen molar-refractivity contribution < 1.29 is 9.47 Å². The second kappa shape index (κ2) is 8.25. The second-order valence-corrected chi connectivity index (χ2v) is 5.35. The zero-order valence-electron chi connectivity index (χ0n) is 12.6. The third-order valence-electron chi connectivity index (χ3n) is 3.53. The van der Waals surface area contributed by atoms with Gasteiger partial charge in [0.05, 0.1) is 13.2 Å². The highest BCUT2D eigenvalue weighted by atomic mass is 16.5. The first-order valence-corrected chi connectivity index (χ1v) is 7.44. The molecule has 0 amide bonds. The highest BCUT2D eigenvalue weighted by molar-refractivity contribution is 5.28. The minimum atomic E-state index is 0.607. The van der Waals surface area contributed by atoms with Gasteiger partial charge in [-0.2, -0.15) is 0 Å². The van der Waals surface area contributed by atoms with E-state index >= 15 is 0 Å². The second-order valence-electron chi connectivity index (χ2n) is 5.35. The molecule has 0 atom stereocenters. The minimum Gasteiger partial charge on any atom is -0.491 e.